The van der Waals surface area contributed by atoms with Crippen LogP contribution in [0.3, 0.4) is 0 Å². The van der Waals surface area contributed by atoms with Crippen molar-refractivity contribution < 1.29 is 9.53 Å². The summed E-state index contributed by atoms with van der Waals surface area (Å²) in [6.07, 6.45) is 1.44. The number of ether oxygens (including phenoxy) is 1. The van der Waals surface area contributed by atoms with Gasteiger partial charge < -0.3 is 4.74 Å². The molecule has 0 radical (unpaired) electrons. The van der Waals surface area contributed by atoms with Crippen LogP contribution in [-0.4, -0.2) is 18.7 Å². The molecule has 4 nitrogen and oxygen atoms in total. The SMILES string of the molecule is Cc1ccc(C(C)C)c(OCC(=O)N/N=C\c2cccc(Cl)c2Cl)c1. The summed E-state index contributed by atoms with van der Waals surface area (Å²) in [4.78, 5) is 11.9. The van der Waals surface area contributed by atoms with Gasteiger partial charge in [0, 0.05) is 5.56 Å². The molecule has 0 saturated carbocycles. The van der Waals surface area contributed by atoms with Crippen molar-refractivity contribution in [1.82, 2.24) is 5.43 Å². The summed E-state index contributed by atoms with van der Waals surface area (Å²) in [7, 11) is 0. The molecule has 0 unspecified atom stereocenters. The average Bonchev–Trinajstić information content (AvgIpc) is 2.56. The molecule has 1 amide bonds. The highest BCUT2D eigenvalue weighted by Gasteiger charge is 2.10. The molecule has 132 valence electrons. The monoisotopic (exact) mass is 378 g/mol. The average molecular weight is 379 g/mol. The van der Waals surface area contributed by atoms with Crippen LogP contribution >= 0.6 is 23.2 Å². The molecule has 0 atom stereocenters. The number of aryl methyl sites for hydroxylation is 1. The Morgan fingerprint density at radius 3 is 2.76 bits per heavy atom. The highest BCUT2D eigenvalue weighted by molar-refractivity contribution is 6.43. The van der Waals surface area contributed by atoms with Crippen molar-refractivity contribution in [3.63, 3.8) is 0 Å². The molecule has 6 heteroatoms. The Labute approximate surface area is 157 Å². The van der Waals surface area contributed by atoms with Crippen molar-refractivity contribution in [3.05, 3.63) is 63.1 Å². The minimum absolute atomic E-state index is 0.121. The molecular weight excluding hydrogens is 359 g/mol. The van der Waals surface area contributed by atoms with Gasteiger partial charge in [0.15, 0.2) is 6.61 Å². The minimum Gasteiger partial charge on any atom is -0.483 e. The van der Waals surface area contributed by atoms with Gasteiger partial charge in [0.25, 0.3) is 5.91 Å². The zero-order valence-electron chi connectivity index (χ0n) is 14.3. The van der Waals surface area contributed by atoms with E-state index in [0.717, 1.165) is 11.1 Å². The standard InChI is InChI=1S/C19H20Cl2N2O2/c1-12(2)15-8-7-13(3)9-17(15)25-11-18(24)23-22-10-14-5-4-6-16(20)19(14)21/h4-10,12H,11H2,1-3H3,(H,23,24)/b22-10-. The second-order valence-corrected chi connectivity index (χ2v) is 6.71. The van der Waals surface area contributed by atoms with Gasteiger partial charge in [-0.2, -0.15) is 5.10 Å². The summed E-state index contributed by atoms with van der Waals surface area (Å²) >= 11 is 12.0. The van der Waals surface area contributed by atoms with E-state index < -0.39 is 0 Å². The van der Waals surface area contributed by atoms with Crippen LogP contribution in [0.5, 0.6) is 5.75 Å². The summed E-state index contributed by atoms with van der Waals surface area (Å²) in [5.74, 6) is 0.666. The number of carbonyl (C=O) groups is 1. The van der Waals surface area contributed by atoms with Crippen molar-refractivity contribution in [2.45, 2.75) is 26.7 Å². The summed E-state index contributed by atoms with van der Waals surface area (Å²) in [6, 6.07) is 11.2. The number of halogens is 2. The van der Waals surface area contributed by atoms with E-state index in [4.69, 9.17) is 27.9 Å². The molecule has 0 aliphatic carbocycles. The fourth-order valence-electron chi connectivity index (χ4n) is 2.21. The van der Waals surface area contributed by atoms with Gasteiger partial charge in [0.2, 0.25) is 0 Å². The van der Waals surface area contributed by atoms with Crippen LogP contribution in [-0.2, 0) is 4.79 Å². The molecule has 1 N–H and O–H groups in total. The lowest BCUT2D eigenvalue weighted by Crippen LogP contribution is -2.25. The molecule has 0 aliphatic rings. The van der Waals surface area contributed by atoms with E-state index >= 15 is 0 Å². The lowest BCUT2D eigenvalue weighted by Gasteiger charge is -2.14. The smallest absolute Gasteiger partial charge is 0.277 e. The number of carbonyl (C=O) groups excluding carboxylic acids is 1. The Morgan fingerprint density at radius 1 is 1.28 bits per heavy atom. The fraction of sp³-hybridized carbons (Fsp3) is 0.263. The van der Waals surface area contributed by atoms with Gasteiger partial charge in [-0.1, -0.05) is 61.3 Å². The van der Waals surface area contributed by atoms with E-state index in [1.165, 1.54) is 6.21 Å². The third kappa shape index (κ3) is 5.48. The third-order valence-corrected chi connectivity index (χ3v) is 4.36. The van der Waals surface area contributed by atoms with Gasteiger partial charge in [-0.3, -0.25) is 4.79 Å². The molecule has 2 rings (SSSR count). The number of benzene rings is 2. The number of amides is 1. The molecule has 0 aromatic heterocycles. The molecular formula is C19H20Cl2N2O2. The maximum Gasteiger partial charge on any atom is 0.277 e. The van der Waals surface area contributed by atoms with Crippen LogP contribution in [0.2, 0.25) is 10.0 Å². The van der Waals surface area contributed by atoms with Crippen molar-refractivity contribution >= 4 is 35.3 Å². The number of nitrogens with one attached hydrogen (secondary N) is 1. The molecule has 2 aromatic rings. The van der Waals surface area contributed by atoms with Gasteiger partial charge in [0.05, 0.1) is 16.3 Å². The largest absolute Gasteiger partial charge is 0.483 e. The number of hydrogen-bond acceptors (Lipinski definition) is 3. The molecule has 0 fully saturated rings. The number of hydrogen-bond donors (Lipinski definition) is 1. The highest BCUT2D eigenvalue weighted by atomic mass is 35.5. The number of rotatable bonds is 6. The van der Waals surface area contributed by atoms with E-state index in [9.17, 15) is 4.79 Å². The molecule has 0 saturated heterocycles. The Morgan fingerprint density at radius 2 is 2.04 bits per heavy atom. The van der Waals surface area contributed by atoms with E-state index in [1.807, 2.05) is 25.1 Å². The van der Waals surface area contributed by atoms with Gasteiger partial charge in [-0.25, -0.2) is 5.43 Å². The van der Waals surface area contributed by atoms with Gasteiger partial charge >= 0.3 is 0 Å². The summed E-state index contributed by atoms with van der Waals surface area (Å²) < 4.78 is 5.65. The third-order valence-electron chi connectivity index (χ3n) is 3.52. The molecule has 2 aromatic carbocycles. The fourth-order valence-corrected chi connectivity index (χ4v) is 2.57. The highest BCUT2D eigenvalue weighted by Crippen LogP contribution is 2.27. The Kier molecular flexibility index (Phi) is 6.85. The predicted octanol–water partition coefficient (Wildman–Crippen LogP) is 4.95. The second kappa shape index (κ2) is 8.88. The molecule has 0 aliphatic heterocycles. The first-order chi connectivity index (χ1) is 11.9. The lowest BCUT2D eigenvalue weighted by atomic mass is 10.0. The zero-order chi connectivity index (χ0) is 18.4. The van der Waals surface area contributed by atoms with Crippen LogP contribution in [0.1, 0.15) is 36.5 Å². The summed E-state index contributed by atoms with van der Waals surface area (Å²) in [5, 5.41) is 4.70. The van der Waals surface area contributed by atoms with Crippen LogP contribution in [0.25, 0.3) is 0 Å². The zero-order valence-corrected chi connectivity index (χ0v) is 15.9. The second-order valence-electron chi connectivity index (χ2n) is 5.92. The summed E-state index contributed by atoms with van der Waals surface area (Å²) in [6.45, 7) is 6.02. The lowest BCUT2D eigenvalue weighted by molar-refractivity contribution is -0.123. The molecule has 0 spiro atoms. The predicted molar refractivity (Wildman–Crippen MR) is 103 cm³/mol. The van der Waals surface area contributed by atoms with Gasteiger partial charge in [-0.05, 0) is 36.1 Å². The first-order valence-corrected chi connectivity index (χ1v) is 8.63. The molecule has 0 heterocycles. The normalized spacial score (nSPS) is 11.1. The van der Waals surface area contributed by atoms with Crippen molar-refractivity contribution in [1.29, 1.82) is 0 Å². The van der Waals surface area contributed by atoms with E-state index in [-0.39, 0.29) is 12.5 Å². The first-order valence-electron chi connectivity index (χ1n) is 7.87. The van der Waals surface area contributed by atoms with E-state index in [2.05, 4.69) is 24.4 Å². The molecule has 0 bridgehead atoms. The van der Waals surface area contributed by atoms with Crippen LogP contribution in [0.15, 0.2) is 41.5 Å². The molecule has 25 heavy (non-hydrogen) atoms. The topological polar surface area (TPSA) is 50.7 Å². The van der Waals surface area contributed by atoms with Crippen LogP contribution < -0.4 is 10.2 Å². The maximum absolute atomic E-state index is 11.9. The van der Waals surface area contributed by atoms with Crippen molar-refractivity contribution in [3.8, 4) is 5.75 Å². The van der Waals surface area contributed by atoms with E-state index in [0.29, 0.717) is 27.3 Å². The number of nitrogens with zero attached hydrogens (tertiary/aromatic N) is 1. The van der Waals surface area contributed by atoms with Crippen molar-refractivity contribution in [2.24, 2.45) is 5.10 Å². The van der Waals surface area contributed by atoms with Gasteiger partial charge in [-0.15, -0.1) is 0 Å². The quantitative estimate of drug-likeness (QED) is 0.570. The summed E-state index contributed by atoms with van der Waals surface area (Å²) in [5.41, 5.74) is 5.18. The van der Waals surface area contributed by atoms with E-state index in [1.54, 1.807) is 18.2 Å². The first kappa shape index (κ1) is 19.3. The van der Waals surface area contributed by atoms with Crippen molar-refractivity contribution in [2.75, 3.05) is 6.61 Å². The number of hydrazone groups is 1. The minimum atomic E-state index is -0.356. The Bertz CT molecular complexity index is 789. The Hall–Kier alpha value is -2.04. The maximum atomic E-state index is 11.9. The Balaban J connectivity index is 1.94. The van der Waals surface area contributed by atoms with Crippen LogP contribution in [0.4, 0.5) is 0 Å². The van der Waals surface area contributed by atoms with Gasteiger partial charge in [0.1, 0.15) is 5.75 Å². The van der Waals surface area contributed by atoms with Crippen LogP contribution in [0, 0.1) is 6.92 Å².